The molecule has 0 saturated heterocycles. The normalized spacial score (nSPS) is 15.4. The lowest BCUT2D eigenvalue weighted by Crippen LogP contribution is -2.44. The predicted octanol–water partition coefficient (Wildman–Crippen LogP) is 2.80. The van der Waals surface area contributed by atoms with Crippen molar-refractivity contribution in [1.82, 2.24) is 5.32 Å². The van der Waals surface area contributed by atoms with E-state index < -0.39 is 0 Å². The molecule has 0 spiro atoms. The van der Waals surface area contributed by atoms with Crippen molar-refractivity contribution in [3.8, 4) is 0 Å². The SMILES string of the molecule is CCNC(CC(C)CC)C(OCC)OCC. The van der Waals surface area contributed by atoms with Crippen molar-refractivity contribution < 1.29 is 9.47 Å². The van der Waals surface area contributed by atoms with Crippen molar-refractivity contribution >= 4 is 0 Å². The molecule has 0 heterocycles. The van der Waals surface area contributed by atoms with Gasteiger partial charge in [-0.05, 0) is 32.7 Å². The first-order valence-corrected chi connectivity index (χ1v) is 6.65. The molecule has 2 unspecified atom stereocenters. The lowest BCUT2D eigenvalue weighted by molar-refractivity contribution is -0.156. The second-order valence-electron chi connectivity index (χ2n) is 4.19. The smallest absolute Gasteiger partial charge is 0.172 e. The van der Waals surface area contributed by atoms with E-state index in [4.69, 9.17) is 9.47 Å². The molecule has 0 aliphatic rings. The minimum Gasteiger partial charge on any atom is -0.351 e. The quantitative estimate of drug-likeness (QED) is 0.586. The summed E-state index contributed by atoms with van der Waals surface area (Å²) in [6.45, 7) is 13.0. The van der Waals surface area contributed by atoms with E-state index in [0.29, 0.717) is 25.2 Å². The second kappa shape index (κ2) is 10.1. The predicted molar refractivity (Wildman–Crippen MR) is 68.6 cm³/mol. The Labute approximate surface area is 101 Å². The van der Waals surface area contributed by atoms with Gasteiger partial charge in [0.25, 0.3) is 0 Å². The van der Waals surface area contributed by atoms with Crippen LogP contribution in [0.3, 0.4) is 0 Å². The highest BCUT2D eigenvalue weighted by Crippen LogP contribution is 2.15. The number of ether oxygens (including phenoxy) is 2. The zero-order valence-corrected chi connectivity index (χ0v) is 11.6. The fraction of sp³-hybridized carbons (Fsp3) is 1.00. The first-order valence-electron chi connectivity index (χ1n) is 6.65. The van der Waals surface area contributed by atoms with Gasteiger partial charge in [0.1, 0.15) is 0 Å². The van der Waals surface area contributed by atoms with Crippen molar-refractivity contribution in [3.63, 3.8) is 0 Å². The average Bonchev–Trinajstić information content (AvgIpc) is 2.28. The van der Waals surface area contributed by atoms with E-state index >= 15 is 0 Å². The van der Waals surface area contributed by atoms with E-state index in [1.54, 1.807) is 0 Å². The van der Waals surface area contributed by atoms with Crippen LogP contribution in [0.5, 0.6) is 0 Å². The molecule has 0 aliphatic carbocycles. The molecule has 1 N–H and O–H groups in total. The number of hydrogen-bond acceptors (Lipinski definition) is 3. The van der Waals surface area contributed by atoms with Gasteiger partial charge in [-0.2, -0.15) is 0 Å². The average molecular weight is 231 g/mol. The Balaban J connectivity index is 4.30. The van der Waals surface area contributed by atoms with Crippen LogP contribution in [0, 0.1) is 5.92 Å². The van der Waals surface area contributed by atoms with Gasteiger partial charge >= 0.3 is 0 Å². The number of rotatable bonds is 10. The lowest BCUT2D eigenvalue weighted by atomic mass is 9.99. The molecule has 0 saturated carbocycles. The Bertz CT molecular complexity index is 147. The van der Waals surface area contributed by atoms with Crippen LogP contribution in [0.1, 0.15) is 47.5 Å². The van der Waals surface area contributed by atoms with Crippen LogP contribution in [0.25, 0.3) is 0 Å². The molecule has 0 aromatic carbocycles. The van der Waals surface area contributed by atoms with E-state index in [9.17, 15) is 0 Å². The Kier molecular flexibility index (Phi) is 9.99. The Morgan fingerprint density at radius 2 is 1.56 bits per heavy atom. The second-order valence-corrected chi connectivity index (χ2v) is 4.19. The Morgan fingerprint density at radius 1 is 1.00 bits per heavy atom. The van der Waals surface area contributed by atoms with Crippen molar-refractivity contribution in [3.05, 3.63) is 0 Å². The largest absolute Gasteiger partial charge is 0.351 e. The molecule has 3 heteroatoms. The van der Waals surface area contributed by atoms with Gasteiger partial charge < -0.3 is 14.8 Å². The third-order valence-electron chi connectivity index (χ3n) is 2.81. The van der Waals surface area contributed by atoms with E-state index in [2.05, 4.69) is 26.1 Å². The van der Waals surface area contributed by atoms with E-state index in [0.717, 1.165) is 13.0 Å². The highest BCUT2D eigenvalue weighted by molar-refractivity contribution is 4.73. The molecular formula is C13H29NO2. The van der Waals surface area contributed by atoms with Gasteiger partial charge in [0.2, 0.25) is 0 Å². The Hall–Kier alpha value is -0.120. The molecule has 0 amide bonds. The van der Waals surface area contributed by atoms with Crippen molar-refractivity contribution in [2.75, 3.05) is 19.8 Å². The summed E-state index contributed by atoms with van der Waals surface area (Å²) in [5, 5.41) is 3.47. The molecule has 0 aromatic heterocycles. The highest BCUT2D eigenvalue weighted by Gasteiger charge is 2.22. The standard InChI is InChI=1S/C13H29NO2/c1-6-11(5)10-12(14-7-2)13(15-8-3)16-9-4/h11-14H,6-10H2,1-5H3. The zero-order chi connectivity index (χ0) is 12.4. The van der Waals surface area contributed by atoms with E-state index in [-0.39, 0.29) is 6.29 Å². The van der Waals surface area contributed by atoms with Crippen LogP contribution >= 0.6 is 0 Å². The van der Waals surface area contributed by atoms with Gasteiger partial charge in [-0.15, -0.1) is 0 Å². The molecule has 16 heavy (non-hydrogen) atoms. The molecular weight excluding hydrogens is 202 g/mol. The molecule has 3 nitrogen and oxygen atoms in total. The summed E-state index contributed by atoms with van der Waals surface area (Å²) in [7, 11) is 0. The third-order valence-corrected chi connectivity index (χ3v) is 2.81. The van der Waals surface area contributed by atoms with Crippen molar-refractivity contribution in [2.24, 2.45) is 5.92 Å². The van der Waals surface area contributed by atoms with Crippen LogP contribution in [0.2, 0.25) is 0 Å². The van der Waals surface area contributed by atoms with Crippen molar-refractivity contribution in [2.45, 2.75) is 59.8 Å². The number of nitrogens with one attached hydrogen (secondary N) is 1. The maximum absolute atomic E-state index is 5.66. The van der Waals surface area contributed by atoms with Crippen LogP contribution in [-0.2, 0) is 9.47 Å². The van der Waals surface area contributed by atoms with E-state index in [1.165, 1.54) is 6.42 Å². The summed E-state index contributed by atoms with van der Waals surface area (Å²) in [6, 6.07) is 0.305. The summed E-state index contributed by atoms with van der Waals surface area (Å²) in [5.74, 6) is 0.701. The fourth-order valence-electron chi connectivity index (χ4n) is 1.76. The summed E-state index contributed by atoms with van der Waals surface area (Å²) in [5.41, 5.74) is 0. The molecule has 0 fully saturated rings. The number of hydrogen-bond donors (Lipinski definition) is 1. The number of likely N-dealkylation sites (N-methyl/N-ethyl adjacent to an activating group) is 1. The van der Waals surface area contributed by atoms with Crippen LogP contribution in [-0.4, -0.2) is 32.1 Å². The highest BCUT2D eigenvalue weighted by atomic mass is 16.7. The van der Waals surface area contributed by atoms with Gasteiger partial charge in [-0.1, -0.05) is 27.2 Å². The summed E-state index contributed by atoms with van der Waals surface area (Å²) < 4.78 is 11.3. The first kappa shape index (κ1) is 15.9. The van der Waals surface area contributed by atoms with Gasteiger partial charge in [-0.3, -0.25) is 0 Å². The molecule has 2 atom stereocenters. The molecule has 0 rings (SSSR count). The monoisotopic (exact) mass is 231 g/mol. The van der Waals surface area contributed by atoms with Gasteiger partial charge in [0.05, 0.1) is 6.04 Å². The first-order chi connectivity index (χ1) is 7.69. The minimum absolute atomic E-state index is 0.107. The van der Waals surface area contributed by atoms with Crippen LogP contribution < -0.4 is 5.32 Å². The minimum atomic E-state index is -0.107. The fourth-order valence-corrected chi connectivity index (χ4v) is 1.76. The molecule has 0 aliphatic heterocycles. The van der Waals surface area contributed by atoms with Gasteiger partial charge in [-0.25, -0.2) is 0 Å². The van der Waals surface area contributed by atoms with Gasteiger partial charge in [0.15, 0.2) is 6.29 Å². The Morgan fingerprint density at radius 3 is 1.94 bits per heavy atom. The molecule has 0 aromatic rings. The maximum atomic E-state index is 5.66. The maximum Gasteiger partial charge on any atom is 0.172 e. The summed E-state index contributed by atoms with van der Waals surface area (Å²) >= 11 is 0. The third kappa shape index (κ3) is 6.46. The molecule has 0 bridgehead atoms. The molecule has 0 radical (unpaired) electrons. The van der Waals surface area contributed by atoms with Crippen LogP contribution in [0.4, 0.5) is 0 Å². The van der Waals surface area contributed by atoms with E-state index in [1.807, 2.05) is 13.8 Å². The lowest BCUT2D eigenvalue weighted by Gasteiger charge is -2.29. The zero-order valence-electron chi connectivity index (χ0n) is 11.6. The van der Waals surface area contributed by atoms with Gasteiger partial charge in [0, 0.05) is 13.2 Å². The van der Waals surface area contributed by atoms with Crippen molar-refractivity contribution in [1.29, 1.82) is 0 Å². The van der Waals surface area contributed by atoms with Crippen LogP contribution in [0.15, 0.2) is 0 Å². The summed E-state index contributed by atoms with van der Waals surface area (Å²) in [4.78, 5) is 0. The molecule has 98 valence electrons. The topological polar surface area (TPSA) is 30.5 Å². The summed E-state index contributed by atoms with van der Waals surface area (Å²) in [6.07, 6.45) is 2.20.